The summed E-state index contributed by atoms with van der Waals surface area (Å²) in [6.45, 7) is 2.52. The topological polar surface area (TPSA) is 119 Å². The number of benzene rings is 1. The predicted molar refractivity (Wildman–Crippen MR) is 79.5 cm³/mol. The quantitative estimate of drug-likeness (QED) is 0.674. The number of nitrogens with one attached hydrogen (secondary N) is 2. The minimum absolute atomic E-state index is 0.0193. The maximum Gasteiger partial charge on any atom is 0.294 e. The summed E-state index contributed by atoms with van der Waals surface area (Å²) in [5.41, 5.74) is 6.14. The molecular weight excluding hydrogens is 292 g/mol. The van der Waals surface area contributed by atoms with Gasteiger partial charge in [-0.05, 0) is 25.1 Å². The Balaban J connectivity index is 1.82. The number of amides is 1. The highest BCUT2D eigenvalue weighted by Gasteiger charge is 2.13. The highest BCUT2D eigenvalue weighted by Crippen LogP contribution is 2.29. The van der Waals surface area contributed by atoms with Gasteiger partial charge in [0, 0.05) is 0 Å². The molecule has 0 radical (unpaired) electrons. The zero-order chi connectivity index (χ0) is 14.8. The van der Waals surface area contributed by atoms with Crippen molar-refractivity contribution in [3.05, 3.63) is 24.0 Å². The number of hydrogen-bond acceptors (Lipinski definition) is 7. The molecular formula is C12H12N6O2S. The average Bonchev–Trinajstić information content (AvgIpc) is 3.04. The van der Waals surface area contributed by atoms with Crippen LogP contribution >= 0.6 is 11.3 Å². The minimum atomic E-state index is -0.441. The van der Waals surface area contributed by atoms with Gasteiger partial charge in [0.2, 0.25) is 11.8 Å². The molecule has 2 aromatic heterocycles. The van der Waals surface area contributed by atoms with Crippen LogP contribution in [0.1, 0.15) is 17.5 Å². The maximum atomic E-state index is 11.9. The molecule has 2 heterocycles. The number of anilines is 2. The second-order valence-corrected chi connectivity index (χ2v) is 5.11. The van der Waals surface area contributed by atoms with Crippen molar-refractivity contribution in [1.29, 1.82) is 0 Å². The number of nitrogens with zero attached hydrogens (tertiary/aromatic N) is 3. The van der Waals surface area contributed by atoms with E-state index in [1.54, 1.807) is 0 Å². The number of hydrogen-bond donors (Lipinski definition) is 3. The zero-order valence-electron chi connectivity index (χ0n) is 11.1. The van der Waals surface area contributed by atoms with Crippen LogP contribution in [-0.2, 0) is 0 Å². The lowest BCUT2D eigenvalue weighted by molar-refractivity contribution is 0.101. The molecule has 0 aliphatic heterocycles. The third-order valence-corrected chi connectivity index (χ3v) is 3.54. The summed E-state index contributed by atoms with van der Waals surface area (Å²) < 4.78 is 6.36. The lowest BCUT2D eigenvalue weighted by Gasteiger charge is -2.00. The number of carbonyl (C=O) groups excluding carboxylic acids is 1. The Morgan fingerprint density at radius 1 is 1.48 bits per heavy atom. The van der Waals surface area contributed by atoms with Gasteiger partial charge >= 0.3 is 0 Å². The van der Waals surface area contributed by atoms with Crippen LogP contribution in [0.2, 0.25) is 0 Å². The SMILES string of the molecule is CCOc1ccc2nc(NC(=O)c3nc(N)n[nH]3)sc2c1. The van der Waals surface area contributed by atoms with Crippen LogP contribution in [0.5, 0.6) is 5.75 Å². The van der Waals surface area contributed by atoms with Gasteiger partial charge in [-0.25, -0.2) is 4.98 Å². The van der Waals surface area contributed by atoms with Gasteiger partial charge in [0.25, 0.3) is 5.91 Å². The molecule has 0 aliphatic carbocycles. The first-order valence-electron chi connectivity index (χ1n) is 6.18. The molecule has 3 rings (SSSR count). The second-order valence-electron chi connectivity index (χ2n) is 4.08. The van der Waals surface area contributed by atoms with Crippen molar-refractivity contribution in [2.45, 2.75) is 6.92 Å². The van der Waals surface area contributed by atoms with E-state index in [0.29, 0.717) is 11.7 Å². The number of carbonyl (C=O) groups is 1. The highest BCUT2D eigenvalue weighted by molar-refractivity contribution is 7.22. The van der Waals surface area contributed by atoms with Crippen molar-refractivity contribution in [3.8, 4) is 5.75 Å². The van der Waals surface area contributed by atoms with Crippen LogP contribution < -0.4 is 15.8 Å². The largest absolute Gasteiger partial charge is 0.494 e. The Bertz CT molecular complexity index is 796. The van der Waals surface area contributed by atoms with Gasteiger partial charge in [-0.1, -0.05) is 11.3 Å². The molecule has 0 bridgehead atoms. The fourth-order valence-corrected chi connectivity index (χ4v) is 2.64. The van der Waals surface area contributed by atoms with Crippen molar-refractivity contribution in [3.63, 3.8) is 0 Å². The number of H-pyrrole nitrogens is 1. The third-order valence-electron chi connectivity index (χ3n) is 2.61. The molecule has 1 amide bonds. The fourth-order valence-electron chi connectivity index (χ4n) is 1.75. The van der Waals surface area contributed by atoms with E-state index in [9.17, 15) is 4.79 Å². The maximum absolute atomic E-state index is 11.9. The Hall–Kier alpha value is -2.68. The molecule has 1 aromatic carbocycles. The number of thiazole rings is 1. The second kappa shape index (κ2) is 5.37. The normalized spacial score (nSPS) is 10.7. The van der Waals surface area contributed by atoms with Gasteiger partial charge in [-0.15, -0.1) is 5.10 Å². The van der Waals surface area contributed by atoms with Crippen molar-refractivity contribution < 1.29 is 9.53 Å². The molecule has 9 heteroatoms. The molecule has 108 valence electrons. The first-order valence-corrected chi connectivity index (χ1v) is 7.00. The van der Waals surface area contributed by atoms with E-state index in [1.165, 1.54) is 11.3 Å². The van der Waals surface area contributed by atoms with Gasteiger partial charge in [-0.3, -0.25) is 15.2 Å². The summed E-state index contributed by atoms with van der Waals surface area (Å²) in [6, 6.07) is 5.58. The van der Waals surface area contributed by atoms with Crippen LogP contribution in [-0.4, -0.2) is 32.7 Å². The Morgan fingerprint density at radius 2 is 2.33 bits per heavy atom. The summed E-state index contributed by atoms with van der Waals surface area (Å²) in [7, 11) is 0. The zero-order valence-corrected chi connectivity index (χ0v) is 11.9. The third kappa shape index (κ3) is 2.77. The van der Waals surface area contributed by atoms with Crippen LogP contribution in [0.25, 0.3) is 10.2 Å². The summed E-state index contributed by atoms with van der Waals surface area (Å²) in [5.74, 6) is 0.394. The molecule has 0 atom stereocenters. The van der Waals surface area contributed by atoms with Crippen LogP contribution in [0.4, 0.5) is 11.1 Å². The molecule has 8 nitrogen and oxygen atoms in total. The standard InChI is InChI=1S/C12H12N6O2S/c1-2-20-6-3-4-7-8(5-6)21-12(14-7)16-10(19)9-15-11(13)18-17-9/h3-5H,2H2,1H3,(H,14,16,19)(H3,13,15,17,18). The Labute approximate surface area is 123 Å². The van der Waals surface area contributed by atoms with Crippen molar-refractivity contribution in [2.24, 2.45) is 0 Å². The van der Waals surface area contributed by atoms with Crippen LogP contribution in [0, 0.1) is 0 Å². The average molecular weight is 304 g/mol. The predicted octanol–water partition coefficient (Wildman–Crippen LogP) is 1.65. The molecule has 4 N–H and O–H groups in total. The Kier molecular flexibility index (Phi) is 3.40. The molecule has 0 fully saturated rings. The Morgan fingerprint density at radius 3 is 3.05 bits per heavy atom. The fraction of sp³-hybridized carbons (Fsp3) is 0.167. The molecule has 0 spiro atoms. The minimum Gasteiger partial charge on any atom is -0.494 e. The lowest BCUT2D eigenvalue weighted by Crippen LogP contribution is -2.13. The highest BCUT2D eigenvalue weighted by atomic mass is 32.1. The molecule has 0 aliphatic rings. The van der Waals surface area contributed by atoms with E-state index in [4.69, 9.17) is 10.5 Å². The van der Waals surface area contributed by atoms with Gasteiger partial charge < -0.3 is 10.5 Å². The molecule has 3 aromatic rings. The smallest absolute Gasteiger partial charge is 0.294 e. The van der Waals surface area contributed by atoms with E-state index < -0.39 is 5.91 Å². The lowest BCUT2D eigenvalue weighted by atomic mass is 10.3. The summed E-state index contributed by atoms with van der Waals surface area (Å²) in [5, 5.41) is 9.17. The number of nitrogen functional groups attached to an aromatic ring is 1. The van der Waals surface area contributed by atoms with Crippen LogP contribution in [0.3, 0.4) is 0 Å². The van der Waals surface area contributed by atoms with Crippen molar-refractivity contribution in [1.82, 2.24) is 20.2 Å². The summed E-state index contributed by atoms with van der Waals surface area (Å²) in [4.78, 5) is 20.0. The van der Waals surface area contributed by atoms with Crippen molar-refractivity contribution in [2.75, 3.05) is 17.7 Å². The summed E-state index contributed by atoms with van der Waals surface area (Å²) in [6.07, 6.45) is 0. The van der Waals surface area contributed by atoms with E-state index in [0.717, 1.165) is 16.0 Å². The van der Waals surface area contributed by atoms with E-state index in [-0.39, 0.29) is 11.8 Å². The number of aromatic nitrogens is 4. The molecule has 0 saturated heterocycles. The first-order chi connectivity index (χ1) is 10.2. The number of aromatic amines is 1. The first kappa shape index (κ1) is 13.3. The van der Waals surface area contributed by atoms with E-state index in [1.807, 2.05) is 25.1 Å². The van der Waals surface area contributed by atoms with E-state index >= 15 is 0 Å². The monoisotopic (exact) mass is 304 g/mol. The number of ether oxygens (including phenoxy) is 1. The molecule has 0 saturated carbocycles. The molecule has 0 unspecified atom stereocenters. The van der Waals surface area contributed by atoms with Gasteiger partial charge in [0.05, 0.1) is 16.8 Å². The van der Waals surface area contributed by atoms with Crippen LogP contribution in [0.15, 0.2) is 18.2 Å². The number of fused-ring (bicyclic) bond motifs is 1. The van der Waals surface area contributed by atoms with Crippen molar-refractivity contribution >= 4 is 38.5 Å². The summed E-state index contributed by atoms with van der Waals surface area (Å²) >= 11 is 1.35. The molecule has 21 heavy (non-hydrogen) atoms. The van der Waals surface area contributed by atoms with E-state index in [2.05, 4.69) is 25.5 Å². The van der Waals surface area contributed by atoms with Gasteiger partial charge in [0.15, 0.2) is 5.13 Å². The number of nitrogens with two attached hydrogens (primary N) is 1. The van der Waals surface area contributed by atoms with Gasteiger partial charge in [0.1, 0.15) is 5.75 Å². The van der Waals surface area contributed by atoms with Gasteiger partial charge in [-0.2, -0.15) is 4.98 Å². The number of rotatable bonds is 4.